The Morgan fingerprint density at radius 3 is 2.32 bits per heavy atom. The third-order valence-corrected chi connectivity index (χ3v) is 7.62. The van der Waals surface area contributed by atoms with Crippen LogP contribution in [0.5, 0.6) is 5.75 Å². The Morgan fingerprint density at radius 2 is 1.73 bits per heavy atom. The molecule has 0 heterocycles. The zero-order chi connectivity index (χ0) is 27.2. The molecule has 1 amide bonds. The summed E-state index contributed by atoms with van der Waals surface area (Å²) in [4.78, 5) is 23.5. The Labute approximate surface area is 215 Å². The number of nitro benzene ring substituents is 1. The van der Waals surface area contributed by atoms with Gasteiger partial charge in [-0.15, -0.1) is 0 Å². The summed E-state index contributed by atoms with van der Waals surface area (Å²) in [6.07, 6.45) is 1.23. The summed E-state index contributed by atoms with van der Waals surface area (Å²) >= 11 is 0. The van der Waals surface area contributed by atoms with E-state index in [0.29, 0.717) is 16.7 Å². The van der Waals surface area contributed by atoms with Crippen LogP contribution in [0, 0.1) is 30.9 Å². The van der Waals surface area contributed by atoms with Crippen molar-refractivity contribution in [1.82, 2.24) is 9.73 Å². The van der Waals surface area contributed by atoms with Gasteiger partial charge >= 0.3 is 5.69 Å². The van der Waals surface area contributed by atoms with E-state index in [9.17, 15) is 23.3 Å². The van der Waals surface area contributed by atoms with Gasteiger partial charge in [-0.3, -0.25) is 14.9 Å². The lowest BCUT2D eigenvalue weighted by molar-refractivity contribution is -0.385. The highest BCUT2D eigenvalue weighted by Crippen LogP contribution is 2.27. The highest BCUT2D eigenvalue weighted by molar-refractivity contribution is 7.89. The molecule has 0 saturated carbocycles. The van der Waals surface area contributed by atoms with E-state index < -0.39 is 27.4 Å². The van der Waals surface area contributed by atoms with Crippen LogP contribution >= 0.6 is 0 Å². The third kappa shape index (κ3) is 6.78. The number of rotatable bonds is 10. The number of nitrogens with one attached hydrogen (secondary N) is 1. The maximum absolute atomic E-state index is 13.7. The summed E-state index contributed by atoms with van der Waals surface area (Å²) in [5, 5.41) is 15.1. The highest BCUT2D eigenvalue weighted by Gasteiger charge is 2.30. The van der Waals surface area contributed by atoms with E-state index in [1.165, 1.54) is 31.5 Å². The molecule has 0 radical (unpaired) electrons. The predicted molar refractivity (Wildman–Crippen MR) is 140 cm³/mol. The van der Waals surface area contributed by atoms with Gasteiger partial charge in [-0.2, -0.15) is 9.41 Å². The lowest BCUT2D eigenvalue weighted by Gasteiger charge is -2.24. The first-order chi connectivity index (χ1) is 17.5. The van der Waals surface area contributed by atoms with E-state index in [1.54, 1.807) is 50.2 Å². The Kier molecular flexibility index (Phi) is 8.74. The van der Waals surface area contributed by atoms with Crippen LogP contribution in [0.2, 0.25) is 0 Å². The summed E-state index contributed by atoms with van der Waals surface area (Å²) in [6.45, 7) is 4.85. The van der Waals surface area contributed by atoms with E-state index in [4.69, 9.17) is 4.74 Å². The minimum Gasteiger partial charge on any atom is -0.490 e. The van der Waals surface area contributed by atoms with Gasteiger partial charge in [0.25, 0.3) is 5.91 Å². The van der Waals surface area contributed by atoms with Crippen LogP contribution in [0.3, 0.4) is 0 Å². The number of aryl methyl sites for hydroxylation is 3. The Hall–Kier alpha value is -4.09. The molecular weight excluding hydrogens is 496 g/mol. The minimum atomic E-state index is -4.04. The molecule has 0 aliphatic carbocycles. The Morgan fingerprint density at radius 1 is 1.08 bits per heavy atom. The standard InChI is InChI=1S/C26H28N4O6S/c1-18-12-19(2)26(20(3)13-18)37(34,35)29(16-21-8-6-5-7-9-21)17-25(31)28-27-15-22-10-11-24(36-4)23(14-22)30(32)33/h5-15H,16-17H2,1-4H3,(H,28,31)/b27-15-. The number of nitro groups is 1. The number of carbonyl (C=O) groups is 1. The lowest BCUT2D eigenvalue weighted by Crippen LogP contribution is -2.39. The number of ether oxygens (including phenoxy) is 1. The molecule has 0 bridgehead atoms. The molecule has 0 atom stereocenters. The molecule has 10 nitrogen and oxygen atoms in total. The van der Waals surface area contributed by atoms with Crippen LogP contribution in [0.15, 0.2) is 70.7 Å². The van der Waals surface area contributed by atoms with Crippen LogP contribution < -0.4 is 10.2 Å². The number of carbonyl (C=O) groups excluding carboxylic acids is 1. The molecule has 3 rings (SSSR count). The number of sulfonamides is 1. The molecule has 0 aromatic heterocycles. The highest BCUT2D eigenvalue weighted by atomic mass is 32.2. The molecule has 0 saturated heterocycles. The first kappa shape index (κ1) is 27.5. The van der Waals surface area contributed by atoms with E-state index in [1.807, 2.05) is 13.0 Å². The number of hydrazone groups is 1. The number of methoxy groups -OCH3 is 1. The molecule has 0 spiro atoms. The zero-order valence-electron chi connectivity index (χ0n) is 21.0. The van der Waals surface area contributed by atoms with Crippen LogP contribution in [0.1, 0.15) is 27.8 Å². The lowest BCUT2D eigenvalue weighted by atomic mass is 10.1. The summed E-state index contributed by atoms with van der Waals surface area (Å²) in [7, 11) is -2.72. The van der Waals surface area contributed by atoms with Crippen LogP contribution in [-0.4, -0.2) is 43.4 Å². The molecule has 0 fully saturated rings. The fourth-order valence-corrected chi connectivity index (χ4v) is 5.82. The molecule has 11 heteroatoms. The van der Waals surface area contributed by atoms with Gasteiger partial charge in [0, 0.05) is 18.2 Å². The zero-order valence-corrected chi connectivity index (χ0v) is 21.8. The van der Waals surface area contributed by atoms with Gasteiger partial charge in [-0.1, -0.05) is 48.0 Å². The van der Waals surface area contributed by atoms with E-state index in [2.05, 4.69) is 10.5 Å². The van der Waals surface area contributed by atoms with Gasteiger partial charge in [0.05, 0.1) is 29.7 Å². The van der Waals surface area contributed by atoms with Crippen molar-refractivity contribution in [2.75, 3.05) is 13.7 Å². The second-order valence-corrected chi connectivity index (χ2v) is 10.3. The molecular formula is C26H28N4O6S. The maximum atomic E-state index is 13.7. The SMILES string of the molecule is COc1ccc(/C=N\NC(=O)CN(Cc2ccccc2)S(=O)(=O)c2c(C)cc(C)cc2C)cc1[N+](=O)[O-]. The summed E-state index contributed by atoms with van der Waals surface area (Å²) < 4.78 is 33.5. The maximum Gasteiger partial charge on any atom is 0.311 e. The predicted octanol–water partition coefficient (Wildman–Crippen LogP) is 3.87. The average molecular weight is 525 g/mol. The van der Waals surface area contributed by atoms with Crippen molar-refractivity contribution in [1.29, 1.82) is 0 Å². The molecule has 194 valence electrons. The van der Waals surface area contributed by atoms with Crippen molar-refractivity contribution in [2.45, 2.75) is 32.2 Å². The van der Waals surface area contributed by atoms with Crippen molar-refractivity contribution in [2.24, 2.45) is 5.10 Å². The summed E-state index contributed by atoms with van der Waals surface area (Å²) in [5.74, 6) is -0.573. The van der Waals surface area contributed by atoms with E-state index in [0.717, 1.165) is 15.4 Å². The van der Waals surface area contributed by atoms with Crippen LogP contribution in [0.4, 0.5) is 5.69 Å². The molecule has 0 aliphatic rings. The minimum absolute atomic E-state index is 0.0161. The van der Waals surface area contributed by atoms with Gasteiger partial charge in [0.15, 0.2) is 5.75 Å². The number of hydrogen-bond donors (Lipinski definition) is 1. The number of nitrogens with zero attached hydrogens (tertiary/aromatic N) is 3. The number of hydrogen-bond acceptors (Lipinski definition) is 7. The molecule has 0 unspecified atom stereocenters. The van der Waals surface area contributed by atoms with Gasteiger partial charge < -0.3 is 4.74 Å². The van der Waals surface area contributed by atoms with Crippen molar-refractivity contribution in [3.63, 3.8) is 0 Å². The van der Waals surface area contributed by atoms with Crippen molar-refractivity contribution in [3.05, 3.63) is 98.6 Å². The van der Waals surface area contributed by atoms with Crippen molar-refractivity contribution >= 4 is 27.8 Å². The van der Waals surface area contributed by atoms with Gasteiger partial charge in [-0.05, 0) is 49.6 Å². The normalized spacial score (nSPS) is 11.6. The summed E-state index contributed by atoms with van der Waals surface area (Å²) in [5.41, 5.74) is 5.26. The molecule has 3 aromatic carbocycles. The molecule has 1 N–H and O–H groups in total. The quantitative estimate of drug-likeness (QED) is 0.243. The molecule has 0 aliphatic heterocycles. The second kappa shape index (κ2) is 11.8. The number of amides is 1. The smallest absolute Gasteiger partial charge is 0.311 e. The van der Waals surface area contributed by atoms with Crippen LogP contribution in [0.25, 0.3) is 0 Å². The largest absolute Gasteiger partial charge is 0.490 e. The topological polar surface area (TPSA) is 131 Å². The van der Waals surface area contributed by atoms with E-state index in [-0.39, 0.29) is 22.9 Å². The summed E-state index contributed by atoms with van der Waals surface area (Å²) in [6, 6.07) is 16.8. The first-order valence-corrected chi connectivity index (χ1v) is 12.7. The monoisotopic (exact) mass is 524 g/mol. The average Bonchev–Trinajstić information content (AvgIpc) is 2.83. The fraction of sp³-hybridized carbons (Fsp3) is 0.231. The Bertz CT molecular complexity index is 1420. The fourth-order valence-electron chi connectivity index (χ4n) is 4.02. The van der Waals surface area contributed by atoms with Crippen LogP contribution in [-0.2, 0) is 21.4 Å². The third-order valence-electron chi connectivity index (χ3n) is 5.53. The van der Waals surface area contributed by atoms with E-state index >= 15 is 0 Å². The van der Waals surface area contributed by atoms with Crippen molar-refractivity contribution in [3.8, 4) is 5.75 Å². The first-order valence-electron chi connectivity index (χ1n) is 11.3. The molecule has 3 aromatic rings. The van der Waals surface area contributed by atoms with Gasteiger partial charge in [0.1, 0.15) is 0 Å². The van der Waals surface area contributed by atoms with Gasteiger partial charge in [-0.25, -0.2) is 13.8 Å². The second-order valence-electron chi connectivity index (χ2n) is 8.47. The Balaban J connectivity index is 1.84. The van der Waals surface area contributed by atoms with Gasteiger partial charge in [0.2, 0.25) is 10.0 Å². The number of benzene rings is 3. The molecule has 37 heavy (non-hydrogen) atoms. The van der Waals surface area contributed by atoms with Crippen molar-refractivity contribution < 1.29 is 22.9 Å².